The number of carbonyl (C=O) groups is 1. The van der Waals surface area contributed by atoms with Crippen LogP contribution in [0.25, 0.3) is 11.3 Å². The van der Waals surface area contributed by atoms with E-state index in [0.717, 1.165) is 11.3 Å². The Morgan fingerprint density at radius 3 is 2.31 bits per heavy atom. The summed E-state index contributed by atoms with van der Waals surface area (Å²) in [5.41, 5.74) is 3.31. The minimum atomic E-state index is -3.91. The number of amides is 1. The van der Waals surface area contributed by atoms with Crippen molar-refractivity contribution in [3.63, 3.8) is 0 Å². The lowest BCUT2D eigenvalue weighted by molar-refractivity contribution is 0.102. The second-order valence-electron chi connectivity index (χ2n) is 8.10. The monoisotopic (exact) mass is 507 g/mol. The Bertz CT molecular complexity index is 1430. The highest BCUT2D eigenvalue weighted by atomic mass is 32.2. The predicted molar refractivity (Wildman–Crippen MR) is 140 cm³/mol. The lowest BCUT2D eigenvalue weighted by atomic mass is 10.0. The van der Waals surface area contributed by atoms with Gasteiger partial charge in [-0.05, 0) is 47.9 Å². The van der Waals surface area contributed by atoms with Crippen LogP contribution >= 0.6 is 11.3 Å². The first-order chi connectivity index (χ1) is 16.8. The molecule has 0 aliphatic heterocycles. The van der Waals surface area contributed by atoms with E-state index in [1.54, 1.807) is 36.4 Å². The van der Waals surface area contributed by atoms with Crippen LogP contribution in [0.15, 0.2) is 83.1 Å². The van der Waals surface area contributed by atoms with Crippen molar-refractivity contribution in [2.24, 2.45) is 0 Å². The summed E-state index contributed by atoms with van der Waals surface area (Å²) in [7, 11) is -2.40. The number of aromatic nitrogens is 1. The molecule has 1 aromatic heterocycles. The number of nitrogens with zero attached hydrogens (tertiary/aromatic N) is 1. The van der Waals surface area contributed by atoms with Gasteiger partial charge in [-0.15, -0.1) is 11.3 Å². The van der Waals surface area contributed by atoms with Gasteiger partial charge in [0.15, 0.2) is 5.13 Å². The van der Waals surface area contributed by atoms with Gasteiger partial charge in [0.2, 0.25) is 0 Å². The van der Waals surface area contributed by atoms with E-state index < -0.39 is 15.9 Å². The van der Waals surface area contributed by atoms with Crippen molar-refractivity contribution in [1.29, 1.82) is 0 Å². The summed E-state index contributed by atoms with van der Waals surface area (Å²) in [6.45, 7) is 4.28. The number of benzene rings is 3. The Hall–Kier alpha value is -3.69. The fourth-order valence-corrected chi connectivity index (χ4v) is 5.19. The standard InChI is InChI=1S/C26H25N3O4S2/c1-17(2)18-8-10-19(11-9-18)24-16-34-26(27-24)28-25(30)22-6-4-5-7-23(22)29-35(31,32)21-14-12-20(33-3)13-15-21/h4-17,29H,1-3H3,(H,27,28,30). The van der Waals surface area contributed by atoms with Gasteiger partial charge < -0.3 is 4.74 Å². The Labute approximate surface area is 208 Å². The Balaban J connectivity index is 1.51. The molecule has 4 aromatic rings. The van der Waals surface area contributed by atoms with Crippen LogP contribution in [0.3, 0.4) is 0 Å². The van der Waals surface area contributed by atoms with Gasteiger partial charge in [-0.3, -0.25) is 14.8 Å². The van der Waals surface area contributed by atoms with Gasteiger partial charge in [-0.2, -0.15) is 0 Å². The van der Waals surface area contributed by atoms with Crippen molar-refractivity contribution in [3.05, 3.63) is 89.3 Å². The Morgan fingerprint density at radius 1 is 0.971 bits per heavy atom. The van der Waals surface area contributed by atoms with E-state index >= 15 is 0 Å². The van der Waals surface area contributed by atoms with Gasteiger partial charge in [0, 0.05) is 10.9 Å². The van der Waals surface area contributed by atoms with Crippen molar-refractivity contribution >= 4 is 38.1 Å². The van der Waals surface area contributed by atoms with Crippen molar-refractivity contribution in [3.8, 4) is 17.0 Å². The third-order valence-electron chi connectivity index (χ3n) is 5.38. The summed E-state index contributed by atoms with van der Waals surface area (Å²) in [5, 5.41) is 5.07. The molecule has 180 valence electrons. The molecular weight excluding hydrogens is 482 g/mol. The normalized spacial score (nSPS) is 11.3. The molecule has 9 heteroatoms. The number of sulfonamides is 1. The minimum Gasteiger partial charge on any atom is -0.497 e. The molecule has 3 aromatic carbocycles. The summed E-state index contributed by atoms with van der Waals surface area (Å²) in [6, 6.07) is 20.6. The number of ether oxygens (including phenoxy) is 1. The molecule has 0 radical (unpaired) electrons. The van der Waals surface area contributed by atoms with Crippen LogP contribution in [0.4, 0.5) is 10.8 Å². The first-order valence-electron chi connectivity index (χ1n) is 10.9. The minimum absolute atomic E-state index is 0.0570. The summed E-state index contributed by atoms with van der Waals surface area (Å²) in [4.78, 5) is 17.6. The molecule has 4 rings (SSSR count). The lowest BCUT2D eigenvalue weighted by Gasteiger charge is -2.12. The molecule has 7 nitrogen and oxygen atoms in total. The van der Waals surface area contributed by atoms with Crippen molar-refractivity contribution in [1.82, 2.24) is 4.98 Å². The number of thiazole rings is 1. The fraction of sp³-hybridized carbons (Fsp3) is 0.154. The molecule has 0 saturated heterocycles. The fourth-order valence-electron chi connectivity index (χ4n) is 3.40. The number of nitrogens with one attached hydrogen (secondary N) is 2. The summed E-state index contributed by atoms with van der Waals surface area (Å²) in [6.07, 6.45) is 0. The van der Waals surface area contributed by atoms with Crippen LogP contribution in [0.2, 0.25) is 0 Å². The Kier molecular flexibility index (Phi) is 7.18. The first-order valence-corrected chi connectivity index (χ1v) is 13.3. The molecule has 35 heavy (non-hydrogen) atoms. The zero-order valence-corrected chi connectivity index (χ0v) is 21.1. The number of para-hydroxylation sites is 1. The molecule has 0 fully saturated rings. The van der Waals surface area contributed by atoms with Crippen molar-refractivity contribution in [2.75, 3.05) is 17.1 Å². The van der Waals surface area contributed by atoms with Crippen LogP contribution in [0.1, 0.15) is 35.7 Å². The largest absolute Gasteiger partial charge is 0.497 e. The molecule has 2 N–H and O–H groups in total. The first kappa shape index (κ1) is 24.4. The molecule has 1 heterocycles. The number of hydrogen-bond acceptors (Lipinski definition) is 6. The molecule has 0 aliphatic rings. The van der Waals surface area contributed by atoms with Crippen LogP contribution < -0.4 is 14.8 Å². The smallest absolute Gasteiger partial charge is 0.261 e. The topological polar surface area (TPSA) is 97.4 Å². The van der Waals surface area contributed by atoms with Crippen molar-refractivity contribution < 1.29 is 17.9 Å². The second kappa shape index (κ2) is 10.3. The lowest BCUT2D eigenvalue weighted by Crippen LogP contribution is -2.18. The van der Waals surface area contributed by atoms with E-state index in [4.69, 9.17) is 4.74 Å². The molecule has 0 unspecified atom stereocenters. The number of rotatable bonds is 8. The van der Waals surface area contributed by atoms with E-state index in [1.165, 1.54) is 36.1 Å². The van der Waals surface area contributed by atoms with Gasteiger partial charge in [-0.25, -0.2) is 13.4 Å². The highest BCUT2D eigenvalue weighted by Crippen LogP contribution is 2.28. The highest BCUT2D eigenvalue weighted by Gasteiger charge is 2.19. The summed E-state index contributed by atoms with van der Waals surface area (Å²) in [5.74, 6) is 0.521. The number of anilines is 2. The predicted octanol–water partition coefficient (Wildman–Crippen LogP) is 6.00. The third kappa shape index (κ3) is 5.70. The number of hydrogen-bond donors (Lipinski definition) is 2. The molecule has 0 saturated carbocycles. The average molecular weight is 508 g/mol. The van der Waals surface area contributed by atoms with Crippen LogP contribution in [-0.4, -0.2) is 26.4 Å². The molecule has 1 amide bonds. The molecule has 0 spiro atoms. The Morgan fingerprint density at radius 2 is 1.66 bits per heavy atom. The highest BCUT2D eigenvalue weighted by molar-refractivity contribution is 7.92. The van der Waals surface area contributed by atoms with Gasteiger partial charge in [0.05, 0.1) is 29.0 Å². The summed E-state index contributed by atoms with van der Waals surface area (Å²) < 4.78 is 33.3. The third-order valence-corrected chi connectivity index (χ3v) is 7.52. The molecule has 0 bridgehead atoms. The van der Waals surface area contributed by atoms with E-state index in [1.807, 2.05) is 17.5 Å². The zero-order chi connectivity index (χ0) is 25.0. The van der Waals surface area contributed by atoms with Crippen molar-refractivity contribution in [2.45, 2.75) is 24.7 Å². The number of methoxy groups -OCH3 is 1. The van der Waals surface area contributed by atoms with E-state index in [2.05, 4.69) is 41.0 Å². The van der Waals surface area contributed by atoms with Gasteiger partial charge in [-0.1, -0.05) is 50.2 Å². The van der Waals surface area contributed by atoms with Crippen LogP contribution in [0, 0.1) is 0 Å². The SMILES string of the molecule is COc1ccc(S(=O)(=O)Nc2ccccc2C(=O)Nc2nc(-c3ccc(C(C)C)cc3)cs2)cc1. The number of carbonyl (C=O) groups excluding carboxylic acids is 1. The summed E-state index contributed by atoms with van der Waals surface area (Å²) >= 11 is 1.30. The zero-order valence-electron chi connectivity index (χ0n) is 19.5. The average Bonchev–Trinajstić information content (AvgIpc) is 3.32. The second-order valence-corrected chi connectivity index (χ2v) is 10.6. The van der Waals surface area contributed by atoms with Crippen LogP contribution in [0.5, 0.6) is 5.75 Å². The van der Waals surface area contributed by atoms with E-state index in [-0.39, 0.29) is 16.1 Å². The molecular formula is C26H25N3O4S2. The van der Waals surface area contributed by atoms with E-state index in [9.17, 15) is 13.2 Å². The van der Waals surface area contributed by atoms with Gasteiger partial charge >= 0.3 is 0 Å². The maximum atomic E-state index is 13.0. The van der Waals surface area contributed by atoms with Gasteiger partial charge in [0.1, 0.15) is 5.75 Å². The van der Waals surface area contributed by atoms with E-state index in [0.29, 0.717) is 16.8 Å². The van der Waals surface area contributed by atoms with Gasteiger partial charge in [0.25, 0.3) is 15.9 Å². The quantitative estimate of drug-likeness (QED) is 0.305. The van der Waals surface area contributed by atoms with Crippen LogP contribution in [-0.2, 0) is 10.0 Å². The molecule has 0 aliphatic carbocycles. The maximum Gasteiger partial charge on any atom is 0.261 e. The maximum absolute atomic E-state index is 13.0. The molecule has 0 atom stereocenters.